The van der Waals surface area contributed by atoms with E-state index in [0.717, 1.165) is 34.4 Å². The van der Waals surface area contributed by atoms with Crippen LogP contribution in [0.15, 0.2) is 28.9 Å². The molecule has 0 aliphatic carbocycles. The van der Waals surface area contributed by atoms with Crippen LogP contribution in [0.25, 0.3) is 11.3 Å². The molecular weight excluding hydrogens is 350 g/mol. The molecule has 0 aliphatic rings. The quantitative estimate of drug-likeness (QED) is 0.777. The molecular formula is C16H21BrClN3. The molecule has 1 unspecified atom stereocenters. The van der Waals surface area contributed by atoms with E-state index in [4.69, 9.17) is 17.3 Å². The summed E-state index contributed by atoms with van der Waals surface area (Å²) in [6.07, 6.45) is 3.84. The lowest BCUT2D eigenvalue weighted by Gasteiger charge is -2.15. The number of nitrogens with zero attached hydrogens (tertiary/aromatic N) is 1. The topological polar surface area (TPSA) is 54.7 Å². The molecule has 3 nitrogen and oxygen atoms in total. The summed E-state index contributed by atoms with van der Waals surface area (Å²) in [5, 5.41) is 0.706. The molecule has 3 N–H and O–H groups in total. The van der Waals surface area contributed by atoms with Crippen LogP contribution in [-0.2, 0) is 6.42 Å². The third kappa shape index (κ3) is 4.56. The van der Waals surface area contributed by atoms with Gasteiger partial charge in [-0.25, -0.2) is 4.98 Å². The van der Waals surface area contributed by atoms with Crippen molar-refractivity contribution in [3.8, 4) is 11.3 Å². The van der Waals surface area contributed by atoms with Crippen LogP contribution in [0.4, 0.5) is 0 Å². The zero-order valence-corrected chi connectivity index (χ0v) is 14.7. The van der Waals surface area contributed by atoms with Crippen LogP contribution in [0.1, 0.15) is 26.1 Å². The Balaban J connectivity index is 2.14. The molecule has 0 fully saturated rings. The Hall–Kier alpha value is -0.840. The summed E-state index contributed by atoms with van der Waals surface area (Å²) in [4.78, 5) is 7.83. The van der Waals surface area contributed by atoms with Gasteiger partial charge in [0.05, 0.1) is 16.9 Å². The van der Waals surface area contributed by atoms with Gasteiger partial charge >= 0.3 is 0 Å². The molecule has 114 valence electrons. The second kappa shape index (κ2) is 7.43. The minimum Gasteiger partial charge on any atom is -0.342 e. The average molecular weight is 371 g/mol. The van der Waals surface area contributed by atoms with Crippen LogP contribution in [0, 0.1) is 11.8 Å². The number of aromatic amines is 1. The van der Waals surface area contributed by atoms with Crippen molar-refractivity contribution in [3.63, 3.8) is 0 Å². The fourth-order valence-corrected chi connectivity index (χ4v) is 3.29. The molecule has 0 saturated carbocycles. The fraction of sp³-hybridized carbons (Fsp3) is 0.438. The van der Waals surface area contributed by atoms with Crippen molar-refractivity contribution in [1.82, 2.24) is 9.97 Å². The number of imidazole rings is 1. The van der Waals surface area contributed by atoms with E-state index in [2.05, 4.69) is 39.7 Å². The zero-order chi connectivity index (χ0) is 15.4. The van der Waals surface area contributed by atoms with Crippen molar-refractivity contribution in [2.75, 3.05) is 6.54 Å². The van der Waals surface area contributed by atoms with Gasteiger partial charge < -0.3 is 10.7 Å². The highest BCUT2D eigenvalue weighted by Gasteiger charge is 2.13. The summed E-state index contributed by atoms with van der Waals surface area (Å²) in [6, 6.07) is 5.85. The Bertz CT molecular complexity index is 595. The Morgan fingerprint density at radius 2 is 2.14 bits per heavy atom. The largest absolute Gasteiger partial charge is 0.342 e. The first-order chi connectivity index (χ1) is 9.99. The summed E-state index contributed by atoms with van der Waals surface area (Å²) in [5.74, 6) is 2.08. The van der Waals surface area contributed by atoms with E-state index < -0.39 is 0 Å². The molecule has 0 aliphatic heterocycles. The summed E-state index contributed by atoms with van der Waals surface area (Å²) < 4.78 is 0.969. The van der Waals surface area contributed by atoms with Crippen LogP contribution in [0.5, 0.6) is 0 Å². The molecule has 2 aromatic rings. The number of nitrogens with two attached hydrogens (primary N) is 1. The van der Waals surface area contributed by atoms with Crippen LogP contribution in [0.3, 0.4) is 0 Å². The van der Waals surface area contributed by atoms with Gasteiger partial charge in [-0.1, -0.05) is 47.4 Å². The predicted molar refractivity (Wildman–Crippen MR) is 92.4 cm³/mol. The number of hydrogen-bond donors (Lipinski definition) is 2. The Morgan fingerprint density at radius 3 is 2.76 bits per heavy atom. The lowest BCUT2D eigenvalue weighted by molar-refractivity contribution is 0.409. The third-order valence-electron chi connectivity index (χ3n) is 3.47. The van der Waals surface area contributed by atoms with Gasteiger partial charge in [0.1, 0.15) is 5.82 Å². The molecule has 1 aromatic carbocycles. The lowest BCUT2D eigenvalue weighted by atomic mass is 9.94. The maximum absolute atomic E-state index is 6.28. The summed E-state index contributed by atoms with van der Waals surface area (Å²) in [7, 11) is 0. The van der Waals surface area contributed by atoms with Gasteiger partial charge in [-0.2, -0.15) is 0 Å². The fourth-order valence-electron chi connectivity index (χ4n) is 2.51. The Labute approximate surface area is 139 Å². The average Bonchev–Trinajstić information content (AvgIpc) is 2.85. The number of H-pyrrole nitrogens is 1. The molecule has 0 radical (unpaired) electrons. The van der Waals surface area contributed by atoms with Crippen molar-refractivity contribution in [3.05, 3.63) is 39.7 Å². The highest BCUT2D eigenvalue weighted by atomic mass is 79.9. The number of aromatic nitrogens is 2. The van der Waals surface area contributed by atoms with Crippen LogP contribution in [0.2, 0.25) is 5.02 Å². The molecule has 2 rings (SSSR count). The SMILES string of the molecule is CC(C)CC(CN)Cc1ncc(-c2ccc(Br)cc2Cl)[nH]1. The van der Waals surface area contributed by atoms with Gasteiger partial charge in [0.15, 0.2) is 0 Å². The maximum atomic E-state index is 6.28. The van der Waals surface area contributed by atoms with Crippen molar-refractivity contribution in [2.45, 2.75) is 26.7 Å². The van der Waals surface area contributed by atoms with Crippen LogP contribution >= 0.6 is 27.5 Å². The first-order valence-corrected chi connectivity index (χ1v) is 8.36. The van der Waals surface area contributed by atoms with Gasteiger partial charge in [-0.3, -0.25) is 0 Å². The van der Waals surface area contributed by atoms with E-state index in [1.165, 1.54) is 0 Å². The number of hydrogen-bond acceptors (Lipinski definition) is 2. The van der Waals surface area contributed by atoms with Gasteiger partial charge in [0.2, 0.25) is 0 Å². The first kappa shape index (κ1) is 16.5. The Morgan fingerprint density at radius 1 is 1.38 bits per heavy atom. The number of nitrogens with one attached hydrogen (secondary N) is 1. The molecule has 0 bridgehead atoms. The Kier molecular flexibility index (Phi) is 5.85. The van der Waals surface area contributed by atoms with E-state index in [1.807, 2.05) is 24.4 Å². The normalized spacial score (nSPS) is 12.9. The molecule has 0 saturated heterocycles. The van der Waals surface area contributed by atoms with E-state index in [1.54, 1.807) is 0 Å². The predicted octanol–water partition coefficient (Wildman–Crippen LogP) is 4.66. The van der Waals surface area contributed by atoms with Crippen molar-refractivity contribution >= 4 is 27.5 Å². The molecule has 0 spiro atoms. The third-order valence-corrected chi connectivity index (χ3v) is 4.28. The van der Waals surface area contributed by atoms with E-state index in [9.17, 15) is 0 Å². The van der Waals surface area contributed by atoms with Gasteiger partial charge in [-0.05, 0) is 36.9 Å². The van der Waals surface area contributed by atoms with Crippen molar-refractivity contribution in [2.24, 2.45) is 17.6 Å². The van der Waals surface area contributed by atoms with Crippen molar-refractivity contribution < 1.29 is 0 Å². The second-order valence-corrected chi connectivity index (χ2v) is 7.13. The van der Waals surface area contributed by atoms with Crippen LogP contribution in [-0.4, -0.2) is 16.5 Å². The van der Waals surface area contributed by atoms with Gasteiger partial charge in [-0.15, -0.1) is 0 Å². The summed E-state index contributed by atoms with van der Waals surface area (Å²) >= 11 is 9.69. The maximum Gasteiger partial charge on any atom is 0.106 e. The molecule has 1 aromatic heterocycles. The van der Waals surface area contributed by atoms with Crippen molar-refractivity contribution in [1.29, 1.82) is 0 Å². The molecule has 1 atom stereocenters. The lowest BCUT2D eigenvalue weighted by Crippen LogP contribution is -2.19. The molecule has 0 amide bonds. The highest BCUT2D eigenvalue weighted by Crippen LogP contribution is 2.29. The molecule has 1 heterocycles. The second-order valence-electron chi connectivity index (χ2n) is 5.80. The summed E-state index contributed by atoms with van der Waals surface area (Å²) in [5.41, 5.74) is 7.77. The molecule has 5 heteroatoms. The monoisotopic (exact) mass is 369 g/mol. The van der Waals surface area contributed by atoms with Crippen LogP contribution < -0.4 is 5.73 Å². The highest BCUT2D eigenvalue weighted by molar-refractivity contribution is 9.10. The van der Waals surface area contributed by atoms with E-state index >= 15 is 0 Å². The molecule has 21 heavy (non-hydrogen) atoms. The summed E-state index contributed by atoms with van der Waals surface area (Å²) in [6.45, 7) is 5.13. The standard InChI is InChI=1S/C16H21BrClN3/c1-10(2)5-11(8-19)6-16-20-9-15(21-16)13-4-3-12(17)7-14(13)18/h3-4,7,9-11H,5-6,8,19H2,1-2H3,(H,20,21). The number of benzene rings is 1. The minimum absolute atomic E-state index is 0.462. The van der Waals surface area contributed by atoms with E-state index in [-0.39, 0.29) is 0 Å². The number of halogens is 2. The smallest absolute Gasteiger partial charge is 0.106 e. The minimum atomic E-state index is 0.462. The van der Waals surface area contributed by atoms with Gasteiger partial charge in [0.25, 0.3) is 0 Å². The first-order valence-electron chi connectivity index (χ1n) is 7.19. The van der Waals surface area contributed by atoms with Gasteiger partial charge in [0, 0.05) is 16.5 Å². The number of rotatable bonds is 6. The zero-order valence-electron chi connectivity index (χ0n) is 12.4. The van der Waals surface area contributed by atoms with E-state index in [0.29, 0.717) is 23.4 Å².